The summed E-state index contributed by atoms with van der Waals surface area (Å²) in [4.78, 5) is 4.79. The van der Waals surface area contributed by atoms with E-state index >= 15 is 0 Å². The van der Waals surface area contributed by atoms with Crippen LogP contribution in [0.2, 0.25) is 0 Å². The Kier molecular flexibility index (Phi) is 6.05. The molecule has 2 aromatic carbocycles. The molecule has 0 radical (unpaired) electrons. The fourth-order valence-electron chi connectivity index (χ4n) is 4.33. The first-order chi connectivity index (χ1) is 14.2. The Morgan fingerprint density at radius 2 is 1.72 bits per heavy atom. The summed E-state index contributed by atoms with van der Waals surface area (Å²) in [6, 6.07) is 27.3. The van der Waals surface area contributed by atoms with Gasteiger partial charge in [0.25, 0.3) is 0 Å². The third-order valence-electron chi connectivity index (χ3n) is 5.87. The summed E-state index contributed by atoms with van der Waals surface area (Å²) in [5.41, 5.74) is 4.03. The van der Waals surface area contributed by atoms with Gasteiger partial charge in [-0.25, -0.2) is 0 Å². The molecular weight excluding hydrogens is 358 g/mol. The molecule has 4 rings (SSSR count). The lowest BCUT2D eigenvalue weighted by Gasteiger charge is -2.47. The lowest BCUT2D eigenvalue weighted by Crippen LogP contribution is -2.63. The minimum absolute atomic E-state index is 0.0937. The van der Waals surface area contributed by atoms with Crippen LogP contribution in [0.4, 0.5) is 0 Å². The number of nitrogens with zero attached hydrogens (tertiary/aromatic N) is 1. The number of ether oxygens (including phenoxy) is 1. The summed E-state index contributed by atoms with van der Waals surface area (Å²) < 4.78 is 6.18. The molecule has 4 nitrogen and oxygen atoms in total. The van der Waals surface area contributed by atoms with Crippen molar-refractivity contribution in [3.05, 3.63) is 101 Å². The van der Waals surface area contributed by atoms with Gasteiger partial charge in [0.2, 0.25) is 0 Å². The molecule has 3 aromatic rings. The van der Waals surface area contributed by atoms with Gasteiger partial charge < -0.3 is 10.1 Å². The van der Waals surface area contributed by atoms with Crippen molar-refractivity contribution in [3.8, 4) is 0 Å². The molecule has 1 aromatic heterocycles. The van der Waals surface area contributed by atoms with E-state index in [9.17, 15) is 0 Å². The molecule has 0 saturated carbocycles. The number of hydrogen-bond donors (Lipinski definition) is 2. The van der Waals surface area contributed by atoms with Crippen LogP contribution >= 0.6 is 0 Å². The largest absolute Gasteiger partial charge is 0.358 e. The van der Waals surface area contributed by atoms with Crippen LogP contribution in [0.1, 0.15) is 34.9 Å². The second-order valence-corrected chi connectivity index (χ2v) is 7.74. The fourth-order valence-corrected chi connectivity index (χ4v) is 4.33. The zero-order valence-electron chi connectivity index (χ0n) is 17.1. The van der Waals surface area contributed by atoms with Crippen molar-refractivity contribution < 1.29 is 4.74 Å². The van der Waals surface area contributed by atoms with E-state index in [-0.39, 0.29) is 6.04 Å². The molecule has 1 saturated heterocycles. The zero-order chi connectivity index (χ0) is 20.1. The summed E-state index contributed by atoms with van der Waals surface area (Å²) in [6.07, 6.45) is 0.943. The van der Waals surface area contributed by atoms with Crippen LogP contribution in [0.15, 0.2) is 78.9 Å². The maximum absolute atomic E-state index is 6.18. The number of aryl methyl sites for hydroxylation is 1. The Bertz CT molecular complexity index is 916. The maximum Gasteiger partial charge on any atom is 0.160 e. The number of methoxy groups -OCH3 is 1. The minimum atomic E-state index is -0.573. The third-order valence-corrected chi connectivity index (χ3v) is 5.87. The summed E-state index contributed by atoms with van der Waals surface area (Å²) in [5.74, 6) is 0.329. The molecule has 2 N–H and O–H groups in total. The van der Waals surface area contributed by atoms with Crippen molar-refractivity contribution in [3.63, 3.8) is 0 Å². The lowest BCUT2D eigenvalue weighted by atomic mass is 9.81. The monoisotopic (exact) mass is 387 g/mol. The highest BCUT2D eigenvalue weighted by Crippen LogP contribution is 2.36. The first-order valence-electron chi connectivity index (χ1n) is 10.3. The van der Waals surface area contributed by atoms with Crippen molar-refractivity contribution in [1.82, 2.24) is 15.6 Å². The van der Waals surface area contributed by atoms with Crippen LogP contribution < -0.4 is 10.6 Å². The van der Waals surface area contributed by atoms with E-state index in [1.54, 1.807) is 7.11 Å². The summed E-state index contributed by atoms with van der Waals surface area (Å²) in [5, 5.41) is 7.51. The highest BCUT2D eigenvalue weighted by atomic mass is 16.5. The average molecular weight is 388 g/mol. The second-order valence-electron chi connectivity index (χ2n) is 7.74. The predicted molar refractivity (Wildman–Crippen MR) is 117 cm³/mol. The number of benzene rings is 2. The molecule has 1 aliphatic heterocycles. The summed E-state index contributed by atoms with van der Waals surface area (Å²) in [7, 11) is 1.79. The van der Waals surface area contributed by atoms with E-state index in [4.69, 9.17) is 9.72 Å². The van der Waals surface area contributed by atoms with E-state index in [0.717, 1.165) is 36.5 Å². The van der Waals surface area contributed by atoms with Crippen molar-refractivity contribution in [1.29, 1.82) is 0 Å². The SMILES string of the molecule is COC1(c2ccccc2)NCC(c2cccc(C)n2)CC1NCc1ccccc1. The third kappa shape index (κ3) is 4.25. The maximum atomic E-state index is 6.18. The molecule has 0 aliphatic carbocycles. The highest BCUT2D eigenvalue weighted by Gasteiger charge is 2.45. The molecular formula is C25H29N3O. The van der Waals surface area contributed by atoms with Crippen LogP contribution in [-0.4, -0.2) is 24.7 Å². The standard InChI is InChI=1S/C25H29N3O/c1-19-10-9-15-23(28-19)21-16-24(26-17-20-11-5-3-6-12-20)25(29-2,27-18-21)22-13-7-4-8-14-22/h3-15,21,24,26-27H,16-18H2,1-2H3. The number of piperidine rings is 1. The minimum Gasteiger partial charge on any atom is -0.358 e. The normalized spacial score (nSPS) is 24.3. The Morgan fingerprint density at radius 1 is 1.00 bits per heavy atom. The van der Waals surface area contributed by atoms with Gasteiger partial charge >= 0.3 is 0 Å². The van der Waals surface area contributed by atoms with Gasteiger partial charge in [-0.2, -0.15) is 0 Å². The van der Waals surface area contributed by atoms with Gasteiger partial charge in [0, 0.05) is 43.1 Å². The van der Waals surface area contributed by atoms with Gasteiger partial charge in [-0.1, -0.05) is 66.7 Å². The second kappa shape index (κ2) is 8.87. The van der Waals surface area contributed by atoms with E-state index in [1.807, 2.05) is 19.1 Å². The Balaban J connectivity index is 1.63. The summed E-state index contributed by atoms with van der Waals surface area (Å²) in [6.45, 7) is 3.66. The van der Waals surface area contributed by atoms with E-state index in [0.29, 0.717) is 5.92 Å². The first kappa shape index (κ1) is 19.8. The lowest BCUT2D eigenvalue weighted by molar-refractivity contribution is -0.0938. The molecule has 3 atom stereocenters. The highest BCUT2D eigenvalue weighted by molar-refractivity contribution is 5.28. The molecule has 0 spiro atoms. The number of hydrogen-bond acceptors (Lipinski definition) is 4. The average Bonchev–Trinajstić information content (AvgIpc) is 2.79. The fraction of sp³-hybridized carbons (Fsp3) is 0.320. The number of rotatable bonds is 6. The molecule has 0 bridgehead atoms. The number of aromatic nitrogens is 1. The van der Waals surface area contributed by atoms with Crippen LogP contribution in [-0.2, 0) is 17.0 Å². The Labute approximate surface area is 173 Å². The number of nitrogens with one attached hydrogen (secondary N) is 2. The quantitative estimate of drug-likeness (QED) is 0.668. The molecule has 29 heavy (non-hydrogen) atoms. The van der Waals surface area contributed by atoms with Crippen LogP contribution in [0.25, 0.3) is 0 Å². The molecule has 3 unspecified atom stereocenters. The molecule has 2 heterocycles. The predicted octanol–water partition coefficient (Wildman–Crippen LogP) is 4.12. The number of pyridine rings is 1. The van der Waals surface area contributed by atoms with E-state index in [1.165, 1.54) is 5.56 Å². The molecule has 1 aliphatic rings. The smallest absolute Gasteiger partial charge is 0.160 e. The molecule has 150 valence electrons. The van der Waals surface area contributed by atoms with E-state index < -0.39 is 5.72 Å². The Hall–Kier alpha value is -2.53. The van der Waals surface area contributed by atoms with Crippen molar-refractivity contribution in [2.75, 3.05) is 13.7 Å². The van der Waals surface area contributed by atoms with Crippen molar-refractivity contribution >= 4 is 0 Å². The van der Waals surface area contributed by atoms with Crippen molar-refractivity contribution in [2.45, 2.75) is 37.6 Å². The molecule has 4 heteroatoms. The summed E-state index contributed by atoms with van der Waals surface area (Å²) >= 11 is 0. The van der Waals surface area contributed by atoms with Crippen LogP contribution in [0, 0.1) is 6.92 Å². The molecule has 0 amide bonds. The topological polar surface area (TPSA) is 46.2 Å². The van der Waals surface area contributed by atoms with Gasteiger partial charge in [-0.3, -0.25) is 10.3 Å². The van der Waals surface area contributed by atoms with Crippen molar-refractivity contribution in [2.24, 2.45) is 0 Å². The first-order valence-corrected chi connectivity index (χ1v) is 10.3. The van der Waals surface area contributed by atoms with Gasteiger partial charge in [-0.05, 0) is 31.0 Å². The van der Waals surface area contributed by atoms with Gasteiger partial charge in [-0.15, -0.1) is 0 Å². The van der Waals surface area contributed by atoms with Crippen LogP contribution in [0.5, 0.6) is 0 Å². The zero-order valence-corrected chi connectivity index (χ0v) is 17.1. The Morgan fingerprint density at radius 3 is 2.41 bits per heavy atom. The van der Waals surface area contributed by atoms with Gasteiger partial charge in [0.1, 0.15) is 0 Å². The van der Waals surface area contributed by atoms with Gasteiger partial charge in [0.15, 0.2) is 5.72 Å². The van der Waals surface area contributed by atoms with E-state index in [2.05, 4.69) is 77.4 Å². The molecule has 1 fully saturated rings. The van der Waals surface area contributed by atoms with Crippen LogP contribution in [0.3, 0.4) is 0 Å². The van der Waals surface area contributed by atoms with Gasteiger partial charge in [0.05, 0.1) is 6.04 Å².